The van der Waals surface area contributed by atoms with E-state index in [9.17, 15) is 25.9 Å². The monoisotopic (exact) mass is 881 g/mol. The van der Waals surface area contributed by atoms with Crippen LogP contribution < -0.4 is 28.4 Å². The van der Waals surface area contributed by atoms with E-state index < -0.39 is 34.0 Å². The van der Waals surface area contributed by atoms with Crippen LogP contribution in [0, 0.1) is 0 Å². The molecule has 6 aromatic rings. The minimum atomic E-state index is -5.03. The molecule has 0 fully saturated rings. The molecule has 0 aromatic heterocycles. The summed E-state index contributed by atoms with van der Waals surface area (Å²) in [5.41, 5.74) is 3.32. The Bertz CT molecular complexity index is 2380. The van der Waals surface area contributed by atoms with E-state index in [4.69, 9.17) is 36.8 Å². The average molecular weight is 882 g/mol. The van der Waals surface area contributed by atoms with Gasteiger partial charge in [-0.3, -0.25) is 9.11 Å². The molecule has 1 radical (unpaired) electrons. The normalized spacial score (nSPS) is 11.3. The van der Waals surface area contributed by atoms with Crippen molar-refractivity contribution in [2.75, 3.05) is 14.2 Å². The maximum atomic E-state index is 12.1. The maximum absolute atomic E-state index is 12.1. The summed E-state index contributed by atoms with van der Waals surface area (Å²) in [5, 5.41) is 0. The molecule has 14 nitrogen and oxygen atoms in total. The van der Waals surface area contributed by atoms with E-state index >= 15 is 0 Å². The Balaban J connectivity index is 0.00000704. The van der Waals surface area contributed by atoms with E-state index in [1.54, 1.807) is 0 Å². The first-order chi connectivity index (χ1) is 28.9. The number of ether oxygens (including phenoxy) is 6. The van der Waals surface area contributed by atoms with Crippen LogP contribution in [0.1, 0.15) is 33.4 Å². The van der Waals surface area contributed by atoms with E-state index in [0.717, 1.165) is 22.3 Å². The molecule has 17 heteroatoms. The van der Waals surface area contributed by atoms with Crippen molar-refractivity contribution in [2.45, 2.75) is 39.6 Å². The van der Waals surface area contributed by atoms with Crippen molar-refractivity contribution in [2.24, 2.45) is 0 Å². The number of methoxy groups -OCH3 is 2. The second-order valence-electron chi connectivity index (χ2n) is 13.0. The molecule has 0 aliphatic heterocycles. The summed E-state index contributed by atoms with van der Waals surface area (Å²) in [5.74, 6) is 0.239. The van der Waals surface area contributed by atoms with E-state index in [2.05, 4.69) is 0 Å². The van der Waals surface area contributed by atoms with E-state index in [1.165, 1.54) is 26.4 Å². The molecule has 315 valence electrons. The van der Waals surface area contributed by atoms with Gasteiger partial charge in [0.1, 0.15) is 26.4 Å². The third kappa shape index (κ3) is 13.4. The molecule has 0 aliphatic rings. The van der Waals surface area contributed by atoms with Gasteiger partial charge in [-0.05, 0) is 45.5 Å². The first-order valence-corrected chi connectivity index (χ1v) is 21.0. The van der Waals surface area contributed by atoms with Crippen LogP contribution >= 0.6 is 0 Å². The van der Waals surface area contributed by atoms with Gasteiger partial charge in [-0.1, -0.05) is 121 Å². The van der Waals surface area contributed by atoms with Crippen LogP contribution in [0.4, 0.5) is 0 Å². The largest absolute Gasteiger partial charge is 0.492 e. The second-order valence-corrected chi connectivity index (χ2v) is 15.2. The Labute approximate surface area is 377 Å². The zero-order valence-corrected chi connectivity index (χ0v) is 37.2. The predicted molar refractivity (Wildman–Crippen MR) is 227 cm³/mol. The maximum Gasteiger partial charge on any atom is 0.397 e. The summed E-state index contributed by atoms with van der Waals surface area (Å²) >= 11 is 0. The quantitative estimate of drug-likeness (QED) is 0.0525. The third-order valence-electron chi connectivity index (χ3n) is 8.88. The van der Waals surface area contributed by atoms with Crippen molar-refractivity contribution in [3.63, 3.8) is 0 Å². The van der Waals surface area contributed by atoms with Crippen LogP contribution in [0.3, 0.4) is 0 Å². The van der Waals surface area contributed by atoms with Crippen molar-refractivity contribution in [3.8, 4) is 45.6 Å². The number of hydrogen-bond donors (Lipinski definition) is 2. The van der Waals surface area contributed by atoms with Crippen molar-refractivity contribution in [3.05, 3.63) is 167 Å². The summed E-state index contributed by atoms with van der Waals surface area (Å²) in [6, 6.07) is 39.9. The molecule has 0 amide bonds. The topological polar surface area (TPSA) is 183 Å². The van der Waals surface area contributed by atoms with Crippen molar-refractivity contribution in [1.29, 1.82) is 0 Å². The molecule has 0 aliphatic carbocycles. The van der Waals surface area contributed by atoms with E-state index in [-0.39, 0.29) is 113 Å². The Kier molecular flexibility index (Phi) is 17.0. The van der Waals surface area contributed by atoms with Gasteiger partial charge in [-0.15, -0.1) is 0 Å². The van der Waals surface area contributed by atoms with Gasteiger partial charge in [-0.2, -0.15) is 16.8 Å². The summed E-state index contributed by atoms with van der Waals surface area (Å²) in [7, 11) is -7.39. The number of benzene rings is 6. The van der Waals surface area contributed by atoms with Gasteiger partial charge < -0.3 is 28.4 Å². The second kappa shape index (κ2) is 22.1. The van der Waals surface area contributed by atoms with Crippen LogP contribution in [-0.4, -0.2) is 69.7 Å². The molecular formula is C44H42NaO14S2. The van der Waals surface area contributed by atoms with Crippen LogP contribution in [0.2, 0.25) is 0 Å². The number of rotatable bonds is 21. The summed E-state index contributed by atoms with van der Waals surface area (Å²) in [6.45, 7) is -1.45. The predicted octanol–water partition coefficient (Wildman–Crippen LogP) is 7.94. The standard InChI is InChI=1S/C44H42O14S2.Na/c1-51-43-39(35(29-57-59(45,46)47)23-37(53-25-31-15-7-3-8-16-31)41(43)55-27-33-19-11-5-12-20-33)40-36(30-58-60(48,49)50)24-38(54-26-32-17-9-4-10-18-32)42(44(40)52-2)56-28-34-21-13-6-14-22-34;/h3-24H,25-30H2,1-2H3,(H,45,46,47)(H,48,49,50);. The molecule has 2 N–H and O–H groups in total. The van der Waals surface area contributed by atoms with Crippen LogP contribution in [0.25, 0.3) is 11.1 Å². The molecule has 0 atom stereocenters. The zero-order chi connectivity index (χ0) is 42.5. The third-order valence-corrected chi connectivity index (χ3v) is 9.71. The van der Waals surface area contributed by atoms with Gasteiger partial charge in [0.15, 0.2) is 23.0 Å². The fraction of sp³-hybridized carbons (Fsp3) is 0.182. The zero-order valence-electron chi connectivity index (χ0n) is 33.6. The van der Waals surface area contributed by atoms with Gasteiger partial charge >= 0.3 is 20.8 Å². The summed E-state index contributed by atoms with van der Waals surface area (Å²) < 4.78 is 116. The molecule has 6 rings (SSSR count). The molecule has 0 unspecified atom stereocenters. The Morgan fingerprint density at radius 1 is 0.410 bits per heavy atom. The van der Waals surface area contributed by atoms with Gasteiger partial charge in [0.2, 0.25) is 11.5 Å². The Hall–Kier alpha value is -5.14. The van der Waals surface area contributed by atoms with E-state index in [0.29, 0.717) is 0 Å². The minimum Gasteiger partial charge on any atom is -0.492 e. The molecule has 0 saturated carbocycles. The molecular weight excluding hydrogens is 840 g/mol. The smallest absolute Gasteiger partial charge is 0.397 e. The van der Waals surface area contributed by atoms with Crippen molar-refractivity contribution in [1.82, 2.24) is 0 Å². The fourth-order valence-corrected chi connectivity index (χ4v) is 6.75. The van der Waals surface area contributed by atoms with Crippen LogP contribution in [0.5, 0.6) is 34.5 Å². The molecule has 0 saturated heterocycles. The first kappa shape index (κ1) is 46.9. The van der Waals surface area contributed by atoms with Gasteiger partial charge in [0.05, 0.1) is 27.4 Å². The van der Waals surface area contributed by atoms with Gasteiger partial charge in [0.25, 0.3) is 0 Å². The average Bonchev–Trinajstić information content (AvgIpc) is 3.25. The van der Waals surface area contributed by atoms with E-state index in [1.807, 2.05) is 121 Å². The van der Waals surface area contributed by atoms with Gasteiger partial charge in [-0.25, -0.2) is 8.37 Å². The van der Waals surface area contributed by atoms with Crippen molar-refractivity contribution < 1.29 is 62.7 Å². The van der Waals surface area contributed by atoms with Crippen LogP contribution in [-0.2, 0) is 68.8 Å². The Morgan fingerprint density at radius 2 is 0.689 bits per heavy atom. The molecule has 61 heavy (non-hydrogen) atoms. The minimum absolute atomic E-state index is 0. The fourth-order valence-electron chi connectivity index (χ4n) is 6.19. The van der Waals surface area contributed by atoms with Crippen LogP contribution in [0.15, 0.2) is 133 Å². The number of hydrogen-bond acceptors (Lipinski definition) is 12. The van der Waals surface area contributed by atoms with Crippen molar-refractivity contribution >= 4 is 50.4 Å². The molecule has 0 spiro atoms. The molecule has 6 aromatic carbocycles. The summed E-state index contributed by atoms with van der Waals surface area (Å²) in [4.78, 5) is 0. The SMILES string of the molecule is COc1c(OCc2ccccc2)c(OCc2ccccc2)cc(COS(=O)(=O)O)c1-c1c(COS(=O)(=O)O)cc(OCc2ccccc2)c(OCc2ccccc2)c1OC.[Na]. The molecule has 0 bridgehead atoms. The Morgan fingerprint density at radius 3 is 0.951 bits per heavy atom. The molecule has 0 heterocycles. The first-order valence-electron chi connectivity index (χ1n) is 18.3. The summed E-state index contributed by atoms with van der Waals surface area (Å²) in [6.07, 6.45) is 0. The van der Waals surface area contributed by atoms with Gasteiger partial charge in [0, 0.05) is 40.7 Å².